The highest BCUT2D eigenvalue weighted by atomic mass is 16.5. The molecule has 0 spiro atoms. The zero-order chi connectivity index (χ0) is 15.2. The van der Waals surface area contributed by atoms with Crippen LogP contribution in [0.2, 0.25) is 0 Å². The molecule has 0 amide bonds. The number of aryl methyl sites for hydroxylation is 1. The molecule has 0 unspecified atom stereocenters. The second-order valence-electron chi connectivity index (χ2n) is 6.13. The number of aliphatic carboxylic acids is 1. The van der Waals surface area contributed by atoms with Crippen molar-refractivity contribution in [2.24, 2.45) is 0 Å². The van der Waals surface area contributed by atoms with Gasteiger partial charge in [0.25, 0.3) is 0 Å². The predicted molar refractivity (Wildman–Crippen MR) is 81.5 cm³/mol. The molecule has 0 radical (unpaired) electrons. The molecule has 0 saturated heterocycles. The maximum absolute atomic E-state index is 10.4. The largest absolute Gasteiger partial charge is 0.493 e. The van der Waals surface area contributed by atoms with Crippen molar-refractivity contribution < 1.29 is 14.6 Å². The number of benzene rings is 1. The molecule has 1 N–H and O–H groups in total. The topological polar surface area (TPSA) is 46.5 Å². The third-order valence-electron chi connectivity index (χ3n) is 3.30. The van der Waals surface area contributed by atoms with E-state index in [1.165, 1.54) is 11.1 Å². The lowest BCUT2D eigenvalue weighted by Gasteiger charge is -2.23. The van der Waals surface area contributed by atoms with E-state index in [4.69, 9.17) is 9.84 Å². The fourth-order valence-electron chi connectivity index (χ4n) is 2.07. The number of carboxylic acids is 1. The minimum atomic E-state index is -0.743. The summed E-state index contributed by atoms with van der Waals surface area (Å²) in [7, 11) is 0. The van der Waals surface area contributed by atoms with Gasteiger partial charge in [0.2, 0.25) is 0 Å². The molecular weight excluding hydrogens is 252 g/mol. The van der Waals surface area contributed by atoms with Gasteiger partial charge in [-0.2, -0.15) is 0 Å². The van der Waals surface area contributed by atoms with E-state index in [-0.39, 0.29) is 11.8 Å². The molecule has 0 bridgehead atoms. The van der Waals surface area contributed by atoms with Crippen molar-refractivity contribution in [3.05, 3.63) is 29.3 Å². The summed E-state index contributed by atoms with van der Waals surface area (Å²) in [6, 6.07) is 6.35. The van der Waals surface area contributed by atoms with E-state index >= 15 is 0 Å². The molecular formula is C17H26O3. The van der Waals surface area contributed by atoms with Gasteiger partial charge in [0, 0.05) is 6.42 Å². The van der Waals surface area contributed by atoms with E-state index in [2.05, 4.69) is 39.8 Å². The normalized spacial score (nSPS) is 11.4. The van der Waals surface area contributed by atoms with Gasteiger partial charge in [0.1, 0.15) is 5.75 Å². The summed E-state index contributed by atoms with van der Waals surface area (Å²) >= 11 is 0. The summed E-state index contributed by atoms with van der Waals surface area (Å²) < 4.78 is 5.85. The number of unbranched alkanes of at least 4 members (excludes halogenated alkanes) is 1. The lowest BCUT2D eigenvalue weighted by molar-refractivity contribution is -0.137. The number of rotatable bonds is 7. The van der Waals surface area contributed by atoms with Crippen LogP contribution >= 0.6 is 0 Å². The summed E-state index contributed by atoms with van der Waals surface area (Å²) in [6.07, 6.45) is 2.66. The van der Waals surface area contributed by atoms with Gasteiger partial charge in [0.15, 0.2) is 0 Å². The van der Waals surface area contributed by atoms with Crippen LogP contribution in [0.3, 0.4) is 0 Å². The van der Waals surface area contributed by atoms with Crippen LogP contribution in [-0.2, 0) is 16.6 Å². The van der Waals surface area contributed by atoms with Crippen LogP contribution in [0.5, 0.6) is 5.75 Å². The highest BCUT2D eigenvalue weighted by molar-refractivity contribution is 5.66. The van der Waals surface area contributed by atoms with Crippen LogP contribution in [0.15, 0.2) is 18.2 Å². The highest BCUT2D eigenvalue weighted by Crippen LogP contribution is 2.32. The van der Waals surface area contributed by atoms with Crippen LogP contribution in [-0.4, -0.2) is 17.7 Å². The van der Waals surface area contributed by atoms with Crippen LogP contribution in [0.4, 0.5) is 0 Å². The number of ether oxygens (including phenoxy) is 1. The Balaban J connectivity index is 2.67. The minimum absolute atomic E-state index is 0.0432. The van der Waals surface area contributed by atoms with E-state index in [1.807, 2.05) is 6.07 Å². The van der Waals surface area contributed by atoms with Crippen LogP contribution in [0.25, 0.3) is 0 Å². The Morgan fingerprint density at radius 2 is 1.95 bits per heavy atom. The summed E-state index contributed by atoms with van der Waals surface area (Å²) in [5.41, 5.74) is 2.57. The predicted octanol–water partition coefficient (Wildman–Crippen LogP) is 4.18. The lowest BCUT2D eigenvalue weighted by Crippen LogP contribution is -2.14. The van der Waals surface area contributed by atoms with Gasteiger partial charge < -0.3 is 9.84 Å². The molecule has 0 aliphatic rings. The number of carbonyl (C=O) groups is 1. The first-order valence-corrected chi connectivity index (χ1v) is 7.32. The van der Waals surface area contributed by atoms with Crippen molar-refractivity contribution in [1.82, 2.24) is 0 Å². The second-order valence-corrected chi connectivity index (χ2v) is 6.13. The quantitative estimate of drug-likeness (QED) is 0.761. The second kappa shape index (κ2) is 7.32. The fourth-order valence-corrected chi connectivity index (χ4v) is 2.07. The molecule has 1 aromatic carbocycles. The molecule has 3 nitrogen and oxygen atoms in total. The molecule has 0 fully saturated rings. The third-order valence-corrected chi connectivity index (χ3v) is 3.30. The molecule has 0 saturated carbocycles. The standard InChI is InChI=1S/C17H26O3/c1-5-13-9-10-15(14(12-13)17(2,3)4)20-11-7-6-8-16(18)19/h9-10,12H,5-8,11H2,1-4H3,(H,18,19). The zero-order valence-corrected chi connectivity index (χ0v) is 13.0. The molecule has 20 heavy (non-hydrogen) atoms. The monoisotopic (exact) mass is 278 g/mol. The lowest BCUT2D eigenvalue weighted by atomic mass is 9.85. The molecule has 0 heterocycles. The Kier molecular flexibility index (Phi) is 6.05. The van der Waals surface area contributed by atoms with Gasteiger partial charge in [-0.1, -0.05) is 39.8 Å². The van der Waals surface area contributed by atoms with E-state index < -0.39 is 5.97 Å². The number of carboxylic acid groups (broad SMARTS) is 1. The van der Waals surface area contributed by atoms with Crippen molar-refractivity contribution in [3.8, 4) is 5.75 Å². The van der Waals surface area contributed by atoms with Gasteiger partial charge in [0.05, 0.1) is 6.61 Å². The van der Waals surface area contributed by atoms with Crippen molar-refractivity contribution in [1.29, 1.82) is 0 Å². The van der Waals surface area contributed by atoms with Gasteiger partial charge in [-0.3, -0.25) is 4.79 Å². The van der Waals surface area contributed by atoms with Crippen molar-refractivity contribution in [3.63, 3.8) is 0 Å². The average molecular weight is 278 g/mol. The molecule has 0 aliphatic heterocycles. The van der Waals surface area contributed by atoms with Gasteiger partial charge in [-0.05, 0) is 41.9 Å². The third kappa shape index (κ3) is 5.24. The number of hydrogen-bond donors (Lipinski definition) is 1. The van der Waals surface area contributed by atoms with E-state index in [0.29, 0.717) is 13.0 Å². The SMILES string of the molecule is CCc1ccc(OCCCCC(=O)O)c(C(C)(C)C)c1. The fraction of sp³-hybridized carbons (Fsp3) is 0.588. The Morgan fingerprint density at radius 3 is 2.50 bits per heavy atom. The maximum Gasteiger partial charge on any atom is 0.303 e. The molecule has 1 aromatic rings. The zero-order valence-electron chi connectivity index (χ0n) is 13.0. The van der Waals surface area contributed by atoms with Crippen LogP contribution in [0, 0.1) is 0 Å². The molecule has 0 aromatic heterocycles. The molecule has 0 aliphatic carbocycles. The Labute approximate surface area is 122 Å². The van der Waals surface area contributed by atoms with E-state index in [9.17, 15) is 4.79 Å². The summed E-state index contributed by atoms with van der Waals surface area (Å²) in [4.78, 5) is 10.4. The van der Waals surface area contributed by atoms with Crippen LogP contribution in [0.1, 0.15) is 58.1 Å². The van der Waals surface area contributed by atoms with Gasteiger partial charge in [-0.15, -0.1) is 0 Å². The highest BCUT2D eigenvalue weighted by Gasteiger charge is 2.19. The number of hydrogen-bond acceptors (Lipinski definition) is 2. The first kappa shape index (κ1) is 16.5. The van der Waals surface area contributed by atoms with Crippen molar-refractivity contribution >= 4 is 5.97 Å². The van der Waals surface area contributed by atoms with Crippen molar-refractivity contribution in [2.75, 3.05) is 6.61 Å². The molecule has 1 rings (SSSR count). The Hall–Kier alpha value is -1.51. The Bertz CT molecular complexity index is 444. The van der Waals surface area contributed by atoms with Crippen LogP contribution < -0.4 is 4.74 Å². The van der Waals surface area contributed by atoms with E-state index in [1.54, 1.807) is 0 Å². The summed E-state index contributed by atoms with van der Waals surface area (Å²) in [5.74, 6) is 0.178. The van der Waals surface area contributed by atoms with Gasteiger partial charge >= 0.3 is 5.97 Å². The summed E-state index contributed by atoms with van der Waals surface area (Å²) in [5, 5.41) is 8.60. The first-order valence-electron chi connectivity index (χ1n) is 7.32. The molecule has 3 heteroatoms. The molecule has 0 atom stereocenters. The minimum Gasteiger partial charge on any atom is -0.493 e. The smallest absolute Gasteiger partial charge is 0.303 e. The first-order chi connectivity index (χ1) is 9.34. The Morgan fingerprint density at radius 1 is 1.25 bits per heavy atom. The van der Waals surface area contributed by atoms with E-state index in [0.717, 1.165) is 18.6 Å². The average Bonchev–Trinajstić information content (AvgIpc) is 2.37. The summed E-state index contributed by atoms with van der Waals surface area (Å²) in [6.45, 7) is 9.26. The van der Waals surface area contributed by atoms with Crippen molar-refractivity contribution in [2.45, 2.75) is 58.8 Å². The van der Waals surface area contributed by atoms with Gasteiger partial charge in [-0.25, -0.2) is 0 Å². The maximum atomic E-state index is 10.4. The molecule has 112 valence electrons.